The first-order chi connectivity index (χ1) is 14.9. The second-order valence-corrected chi connectivity index (χ2v) is 8.84. The van der Waals surface area contributed by atoms with Crippen molar-refractivity contribution in [2.24, 2.45) is 5.92 Å². The molecule has 6 heteroatoms. The van der Waals surface area contributed by atoms with Gasteiger partial charge in [0.1, 0.15) is 11.1 Å². The van der Waals surface area contributed by atoms with Crippen LogP contribution in [0.2, 0.25) is 0 Å². The number of pyridine rings is 1. The smallest absolute Gasteiger partial charge is 0.258 e. The van der Waals surface area contributed by atoms with Gasteiger partial charge in [-0.05, 0) is 30.2 Å². The lowest BCUT2D eigenvalue weighted by Crippen LogP contribution is -2.36. The van der Waals surface area contributed by atoms with E-state index in [0.29, 0.717) is 19.0 Å². The minimum absolute atomic E-state index is 0.0313. The molecule has 0 spiro atoms. The number of hydrogen-bond donors (Lipinski definition) is 1. The maximum Gasteiger partial charge on any atom is 0.258 e. The first kappa shape index (κ1) is 22.8. The van der Waals surface area contributed by atoms with Crippen LogP contribution in [0.1, 0.15) is 71.2 Å². The van der Waals surface area contributed by atoms with Crippen LogP contribution >= 0.6 is 0 Å². The topological polar surface area (TPSA) is 71.4 Å². The van der Waals surface area contributed by atoms with E-state index >= 15 is 0 Å². The first-order valence-corrected chi connectivity index (χ1v) is 11.2. The van der Waals surface area contributed by atoms with Crippen molar-refractivity contribution in [3.63, 3.8) is 0 Å². The zero-order valence-electron chi connectivity index (χ0n) is 18.8. The molecule has 2 amide bonds. The molecule has 1 atom stereocenters. The van der Waals surface area contributed by atoms with Gasteiger partial charge in [-0.3, -0.25) is 14.4 Å². The van der Waals surface area contributed by atoms with Crippen LogP contribution in [0.4, 0.5) is 0 Å². The summed E-state index contributed by atoms with van der Waals surface area (Å²) in [6.45, 7) is 3.16. The Morgan fingerprint density at radius 2 is 1.71 bits per heavy atom. The van der Waals surface area contributed by atoms with Gasteiger partial charge in [0.2, 0.25) is 5.43 Å². The standard InChI is InChI=1S/C25H33N3O3/c1-18(20-12-8-5-9-13-20)14-26-24(30)21-16-28(15-19-10-6-4-7-11-19)17-22(23(21)29)25(31)27(2)3/h5,8-9,12-13,16-19H,4,6-7,10-11,14-15H2,1-3H3,(H,26,30). The molecule has 1 unspecified atom stereocenters. The van der Waals surface area contributed by atoms with Crippen molar-refractivity contribution >= 4 is 11.8 Å². The van der Waals surface area contributed by atoms with Crippen LogP contribution in [-0.4, -0.2) is 41.9 Å². The predicted octanol–water partition coefficient (Wildman–Crippen LogP) is 3.66. The molecule has 0 saturated heterocycles. The van der Waals surface area contributed by atoms with E-state index < -0.39 is 11.3 Å². The van der Waals surface area contributed by atoms with Gasteiger partial charge in [0.05, 0.1) is 0 Å². The van der Waals surface area contributed by atoms with Crippen LogP contribution in [0.5, 0.6) is 0 Å². The Morgan fingerprint density at radius 1 is 1.06 bits per heavy atom. The first-order valence-electron chi connectivity index (χ1n) is 11.2. The van der Waals surface area contributed by atoms with Crippen LogP contribution < -0.4 is 10.7 Å². The highest BCUT2D eigenvalue weighted by atomic mass is 16.2. The number of benzene rings is 1. The summed E-state index contributed by atoms with van der Waals surface area (Å²) < 4.78 is 1.86. The number of aromatic nitrogens is 1. The second-order valence-electron chi connectivity index (χ2n) is 8.84. The Bertz CT molecular complexity index is 960. The van der Waals surface area contributed by atoms with E-state index in [1.54, 1.807) is 26.5 Å². The molecule has 1 N–H and O–H groups in total. The van der Waals surface area contributed by atoms with Gasteiger partial charge in [-0.25, -0.2) is 0 Å². The number of carbonyl (C=O) groups excluding carboxylic acids is 2. The fourth-order valence-electron chi connectivity index (χ4n) is 4.20. The number of nitrogens with zero attached hydrogens (tertiary/aromatic N) is 2. The van der Waals surface area contributed by atoms with Crippen LogP contribution in [0.15, 0.2) is 47.5 Å². The summed E-state index contributed by atoms with van der Waals surface area (Å²) in [4.78, 5) is 39.9. The minimum Gasteiger partial charge on any atom is -0.352 e. The van der Waals surface area contributed by atoms with E-state index in [1.807, 2.05) is 41.8 Å². The van der Waals surface area contributed by atoms with Gasteiger partial charge in [0.25, 0.3) is 11.8 Å². The largest absolute Gasteiger partial charge is 0.352 e. The van der Waals surface area contributed by atoms with Gasteiger partial charge in [-0.15, -0.1) is 0 Å². The third kappa shape index (κ3) is 5.84. The molecule has 0 aliphatic heterocycles. The normalized spacial score (nSPS) is 15.3. The molecule has 0 bridgehead atoms. The average Bonchev–Trinajstić information content (AvgIpc) is 2.79. The van der Waals surface area contributed by atoms with Crippen molar-refractivity contribution < 1.29 is 9.59 Å². The minimum atomic E-state index is -0.511. The fourth-order valence-corrected chi connectivity index (χ4v) is 4.20. The number of nitrogens with one attached hydrogen (secondary N) is 1. The van der Waals surface area contributed by atoms with Gasteiger partial charge < -0.3 is 14.8 Å². The fraction of sp³-hybridized carbons (Fsp3) is 0.480. The molecule has 1 saturated carbocycles. The summed E-state index contributed by atoms with van der Waals surface area (Å²) in [6, 6.07) is 9.92. The average molecular weight is 424 g/mol. The molecule has 1 fully saturated rings. The molecule has 1 aliphatic carbocycles. The lowest BCUT2D eigenvalue weighted by molar-refractivity contribution is 0.0825. The maximum atomic E-state index is 13.0. The highest BCUT2D eigenvalue weighted by Crippen LogP contribution is 2.25. The monoisotopic (exact) mass is 423 g/mol. The molecule has 166 valence electrons. The van der Waals surface area contributed by atoms with Crippen LogP contribution in [0.25, 0.3) is 0 Å². The van der Waals surface area contributed by atoms with Crippen molar-refractivity contribution in [2.45, 2.75) is 51.5 Å². The molecule has 1 aromatic carbocycles. The van der Waals surface area contributed by atoms with Crippen molar-refractivity contribution in [2.75, 3.05) is 20.6 Å². The van der Waals surface area contributed by atoms with E-state index in [2.05, 4.69) is 5.32 Å². The van der Waals surface area contributed by atoms with Crippen molar-refractivity contribution in [3.05, 3.63) is 69.6 Å². The summed E-state index contributed by atoms with van der Waals surface area (Å²) in [5.41, 5.74) is 0.686. The zero-order valence-corrected chi connectivity index (χ0v) is 18.8. The van der Waals surface area contributed by atoms with Gasteiger partial charge in [0.15, 0.2) is 0 Å². The number of rotatable bonds is 7. The molecule has 3 rings (SSSR count). The van der Waals surface area contributed by atoms with Gasteiger partial charge in [0, 0.05) is 39.6 Å². The van der Waals surface area contributed by atoms with Gasteiger partial charge >= 0.3 is 0 Å². The van der Waals surface area contributed by atoms with Gasteiger partial charge in [-0.1, -0.05) is 56.5 Å². The van der Waals surface area contributed by atoms with Crippen molar-refractivity contribution in [3.8, 4) is 0 Å². The van der Waals surface area contributed by atoms with Crippen LogP contribution in [0, 0.1) is 5.92 Å². The molecular weight excluding hydrogens is 390 g/mol. The zero-order chi connectivity index (χ0) is 22.4. The Kier molecular flexibility index (Phi) is 7.66. The molecule has 0 radical (unpaired) electrons. The van der Waals surface area contributed by atoms with E-state index in [1.165, 1.54) is 24.2 Å². The summed E-state index contributed by atoms with van der Waals surface area (Å²) in [6.07, 6.45) is 9.18. The summed E-state index contributed by atoms with van der Waals surface area (Å²) in [5.74, 6) is -0.193. The van der Waals surface area contributed by atoms with E-state index in [9.17, 15) is 14.4 Å². The molecule has 6 nitrogen and oxygen atoms in total. The Hall–Kier alpha value is -2.89. The predicted molar refractivity (Wildman–Crippen MR) is 122 cm³/mol. The van der Waals surface area contributed by atoms with E-state index in [0.717, 1.165) is 18.4 Å². The Balaban J connectivity index is 1.83. The Labute approximate surface area is 184 Å². The van der Waals surface area contributed by atoms with Crippen LogP contribution in [-0.2, 0) is 6.54 Å². The highest BCUT2D eigenvalue weighted by molar-refractivity contribution is 5.99. The number of carbonyl (C=O) groups is 2. The summed E-state index contributed by atoms with van der Waals surface area (Å²) >= 11 is 0. The van der Waals surface area contributed by atoms with E-state index in [-0.39, 0.29) is 23.0 Å². The lowest BCUT2D eigenvalue weighted by Gasteiger charge is -2.23. The second kappa shape index (κ2) is 10.4. The summed E-state index contributed by atoms with van der Waals surface area (Å²) in [5, 5.41) is 2.89. The molecule has 2 aromatic rings. The number of hydrogen-bond acceptors (Lipinski definition) is 3. The molecule has 1 heterocycles. The molecule has 1 aliphatic rings. The highest BCUT2D eigenvalue weighted by Gasteiger charge is 2.22. The van der Waals surface area contributed by atoms with E-state index in [4.69, 9.17) is 0 Å². The van der Waals surface area contributed by atoms with Crippen molar-refractivity contribution in [1.29, 1.82) is 0 Å². The Morgan fingerprint density at radius 3 is 2.35 bits per heavy atom. The molecule has 31 heavy (non-hydrogen) atoms. The number of amides is 2. The maximum absolute atomic E-state index is 13.0. The quantitative estimate of drug-likeness (QED) is 0.739. The summed E-state index contributed by atoms with van der Waals surface area (Å²) in [7, 11) is 3.23. The SMILES string of the molecule is CC(CNC(=O)c1cn(CC2CCCCC2)cc(C(=O)N(C)C)c1=O)c1ccccc1. The van der Waals surface area contributed by atoms with Crippen molar-refractivity contribution in [1.82, 2.24) is 14.8 Å². The molecule has 1 aromatic heterocycles. The lowest BCUT2D eigenvalue weighted by atomic mass is 9.89. The molecular formula is C25H33N3O3. The van der Waals surface area contributed by atoms with Gasteiger partial charge in [-0.2, -0.15) is 0 Å². The third-order valence-corrected chi connectivity index (χ3v) is 6.09. The van der Waals surface area contributed by atoms with Crippen LogP contribution in [0.3, 0.4) is 0 Å². The third-order valence-electron chi connectivity index (χ3n) is 6.09.